The molecular formula is C17H15Br2ClN2S. The number of benzene rings is 2. The van der Waals surface area contributed by atoms with E-state index >= 15 is 0 Å². The summed E-state index contributed by atoms with van der Waals surface area (Å²) in [5, 5.41) is 7.50. The Morgan fingerprint density at radius 3 is 2.48 bits per heavy atom. The van der Waals surface area contributed by atoms with Crippen molar-refractivity contribution in [3.63, 3.8) is 0 Å². The van der Waals surface area contributed by atoms with E-state index in [1.807, 2.05) is 30.3 Å². The second-order valence-corrected chi connectivity index (χ2v) is 7.29. The molecule has 0 saturated heterocycles. The van der Waals surface area contributed by atoms with Gasteiger partial charge in [-0.15, -0.1) is 0 Å². The molecule has 6 heteroatoms. The largest absolute Gasteiger partial charge is 1.00 e. The van der Waals surface area contributed by atoms with Gasteiger partial charge in [0.2, 0.25) is 0 Å². The lowest BCUT2D eigenvalue weighted by Crippen LogP contribution is -3.00. The maximum Gasteiger partial charge on any atom is 0.339 e. The molecular weight excluding hydrogens is 460 g/mol. The summed E-state index contributed by atoms with van der Waals surface area (Å²) in [5.74, 6) is 0. The summed E-state index contributed by atoms with van der Waals surface area (Å²) in [7, 11) is 2.07. The number of anilines is 2. The van der Waals surface area contributed by atoms with Crippen molar-refractivity contribution >= 4 is 49.7 Å². The first-order chi connectivity index (χ1) is 10.5. The highest BCUT2D eigenvalue weighted by atomic mass is 79.9. The lowest BCUT2D eigenvalue weighted by atomic mass is 10.2. The third-order valence-electron chi connectivity index (χ3n) is 3.52. The fourth-order valence-corrected chi connectivity index (χ4v) is 3.80. The van der Waals surface area contributed by atoms with Gasteiger partial charge in [0.1, 0.15) is 11.4 Å². The molecule has 0 spiro atoms. The molecule has 1 heterocycles. The van der Waals surface area contributed by atoms with Crippen molar-refractivity contribution < 1.29 is 21.5 Å². The van der Waals surface area contributed by atoms with E-state index in [0.29, 0.717) is 0 Å². The van der Waals surface area contributed by atoms with Gasteiger partial charge in [0.15, 0.2) is 0 Å². The van der Waals surface area contributed by atoms with Crippen LogP contribution in [0.5, 0.6) is 0 Å². The number of thiazole rings is 1. The van der Waals surface area contributed by atoms with Crippen LogP contribution in [0.1, 0.15) is 5.56 Å². The van der Waals surface area contributed by atoms with Crippen LogP contribution < -0.4 is 26.9 Å². The number of nitrogens with one attached hydrogen (secondary N) is 1. The Kier molecular flexibility index (Phi) is 6.26. The average Bonchev–Trinajstić information content (AvgIpc) is 2.84. The summed E-state index contributed by atoms with van der Waals surface area (Å²) in [4.78, 5) is 0. The molecule has 0 bridgehead atoms. The van der Waals surface area contributed by atoms with Crippen molar-refractivity contribution in [2.75, 3.05) is 5.32 Å². The van der Waals surface area contributed by atoms with Gasteiger partial charge in [-0.2, -0.15) is 0 Å². The van der Waals surface area contributed by atoms with E-state index in [1.165, 1.54) is 11.3 Å². The monoisotopic (exact) mass is 472 g/mol. The van der Waals surface area contributed by atoms with Crippen LogP contribution >= 0.6 is 38.9 Å². The Labute approximate surface area is 164 Å². The van der Waals surface area contributed by atoms with E-state index in [9.17, 15) is 0 Å². The van der Waals surface area contributed by atoms with Gasteiger partial charge < -0.3 is 17.0 Å². The summed E-state index contributed by atoms with van der Waals surface area (Å²) >= 11 is 11.1. The number of rotatable bonds is 3. The third-order valence-corrected chi connectivity index (χ3v) is 5.20. The zero-order valence-corrected chi connectivity index (χ0v) is 17.4. The molecule has 3 rings (SSSR count). The van der Waals surface area contributed by atoms with Crippen molar-refractivity contribution in [1.82, 2.24) is 0 Å². The van der Waals surface area contributed by atoms with Gasteiger partial charge in [-0.25, -0.2) is 9.88 Å². The molecule has 1 N–H and O–H groups in total. The fourth-order valence-electron chi connectivity index (χ4n) is 2.26. The van der Waals surface area contributed by atoms with Crippen LogP contribution in [-0.4, -0.2) is 0 Å². The minimum absolute atomic E-state index is 0. The number of aryl methyl sites for hydroxylation is 1. The fraction of sp³-hybridized carbons (Fsp3) is 0.118. The average molecular weight is 475 g/mol. The van der Waals surface area contributed by atoms with E-state index in [-0.39, 0.29) is 17.0 Å². The number of halogens is 3. The lowest BCUT2D eigenvalue weighted by molar-refractivity contribution is -0.641. The van der Waals surface area contributed by atoms with Crippen LogP contribution in [0.4, 0.5) is 10.8 Å². The summed E-state index contributed by atoms with van der Waals surface area (Å²) in [5.41, 5.74) is 4.64. The predicted molar refractivity (Wildman–Crippen MR) is 98.1 cm³/mol. The molecule has 3 aromatic rings. The predicted octanol–water partition coefficient (Wildman–Crippen LogP) is 2.71. The highest BCUT2D eigenvalue weighted by molar-refractivity contribution is 9.10. The third kappa shape index (κ3) is 4.15. The zero-order valence-electron chi connectivity index (χ0n) is 12.6. The lowest BCUT2D eigenvalue weighted by Gasteiger charge is -2.04. The Hall–Kier alpha value is -0.880. The summed E-state index contributed by atoms with van der Waals surface area (Å²) in [6.07, 6.45) is 0. The normalized spacial score (nSPS) is 10.3. The van der Waals surface area contributed by atoms with Crippen molar-refractivity contribution in [2.24, 2.45) is 7.05 Å². The van der Waals surface area contributed by atoms with Crippen LogP contribution in [0.3, 0.4) is 0 Å². The van der Waals surface area contributed by atoms with Gasteiger partial charge in [0.25, 0.3) is 0 Å². The first-order valence-electron chi connectivity index (χ1n) is 6.81. The van der Waals surface area contributed by atoms with Crippen LogP contribution in [0, 0.1) is 6.92 Å². The van der Waals surface area contributed by atoms with Gasteiger partial charge in [-0.05, 0) is 55.0 Å². The van der Waals surface area contributed by atoms with E-state index in [1.54, 1.807) is 11.3 Å². The van der Waals surface area contributed by atoms with Crippen LogP contribution in [-0.2, 0) is 7.05 Å². The molecule has 0 aliphatic carbocycles. The minimum atomic E-state index is 0. The summed E-state index contributed by atoms with van der Waals surface area (Å²) < 4.78 is 3.25. The first-order valence-corrected chi connectivity index (χ1v) is 8.86. The summed E-state index contributed by atoms with van der Waals surface area (Å²) in [6.45, 7) is 2.10. The van der Waals surface area contributed by atoms with Crippen LogP contribution in [0.2, 0.25) is 5.02 Å². The number of hydrogen-bond donors (Lipinski definition) is 1. The minimum Gasteiger partial charge on any atom is -1.00 e. The highest BCUT2D eigenvalue weighted by Gasteiger charge is 2.17. The quantitative estimate of drug-likeness (QED) is 0.578. The van der Waals surface area contributed by atoms with E-state index in [0.717, 1.165) is 25.9 Å². The van der Waals surface area contributed by atoms with Gasteiger partial charge in [-0.1, -0.05) is 38.9 Å². The van der Waals surface area contributed by atoms with Crippen molar-refractivity contribution in [3.05, 3.63) is 62.9 Å². The second-order valence-electron chi connectivity index (χ2n) is 5.08. The Balaban J connectivity index is 0.00000192. The molecule has 0 saturated carbocycles. The van der Waals surface area contributed by atoms with E-state index in [4.69, 9.17) is 11.6 Å². The maximum atomic E-state index is 5.96. The maximum absolute atomic E-state index is 5.96. The molecule has 2 nitrogen and oxygen atoms in total. The molecule has 0 radical (unpaired) electrons. The highest BCUT2D eigenvalue weighted by Crippen LogP contribution is 2.28. The smallest absolute Gasteiger partial charge is 0.339 e. The van der Waals surface area contributed by atoms with E-state index in [2.05, 4.69) is 57.3 Å². The number of hydrogen-bond acceptors (Lipinski definition) is 2. The molecule has 23 heavy (non-hydrogen) atoms. The number of aromatic nitrogens is 1. The Morgan fingerprint density at radius 1 is 1.13 bits per heavy atom. The zero-order chi connectivity index (χ0) is 15.7. The molecule has 0 aliphatic heterocycles. The topological polar surface area (TPSA) is 15.9 Å². The van der Waals surface area contributed by atoms with Crippen LogP contribution in [0.25, 0.3) is 11.3 Å². The summed E-state index contributed by atoms with van der Waals surface area (Å²) in [6, 6.07) is 14.2. The molecule has 2 aromatic carbocycles. The van der Waals surface area contributed by atoms with Gasteiger partial charge in [0.05, 0.1) is 7.05 Å². The molecule has 0 amide bonds. The SMILES string of the molecule is Cc1cc(Br)ccc1Nc1scc(-c2ccc(Cl)cc2)[n+]1C.[Br-]. The van der Waals surface area contributed by atoms with E-state index < -0.39 is 0 Å². The molecule has 0 aliphatic rings. The van der Waals surface area contributed by atoms with Crippen molar-refractivity contribution in [3.8, 4) is 11.3 Å². The number of nitrogens with zero attached hydrogens (tertiary/aromatic N) is 1. The van der Waals surface area contributed by atoms with Crippen molar-refractivity contribution in [2.45, 2.75) is 6.92 Å². The van der Waals surface area contributed by atoms with Gasteiger partial charge >= 0.3 is 5.13 Å². The van der Waals surface area contributed by atoms with Gasteiger partial charge in [0, 0.05) is 20.4 Å². The molecule has 1 aromatic heterocycles. The molecule has 120 valence electrons. The molecule has 0 unspecified atom stereocenters. The molecule has 0 fully saturated rings. The Morgan fingerprint density at radius 2 is 1.83 bits per heavy atom. The van der Waals surface area contributed by atoms with Crippen molar-refractivity contribution in [1.29, 1.82) is 0 Å². The molecule has 0 atom stereocenters. The Bertz CT molecular complexity index is 816. The van der Waals surface area contributed by atoms with Gasteiger partial charge in [-0.3, -0.25) is 0 Å². The van der Waals surface area contributed by atoms with Crippen LogP contribution in [0.15, 0.2) is 52.3 Å². The second kappa shape index (κ2) is 7.79. The standard InChI is InChI=1S/C17H14BrClN2S.BrH/c1-11-9-13(18)5-8-15(11)20-17-21(2)16(10-22-17)12-3-6-14(19)7-4-12;/h3-10H,1-2H3;1H. The first kappa shape index (κ1) is 18.5.